The largest absolute Gasteiger partial charge is 0.298 e. The number of hydrogen-bond donors (Lipinski definition) is 0. The molecule has 0 aliphatic rings. The van der Waals surface area contributed by atoms with E-state index in [0.717, 1.165) is 18.3 Å². The lowest BCUT2D eigenvalue weighted by atomic mass is 10.3. The van der Waals surface area contributed by atoms with Gasteiger partial charge >= 0.3 is 0 Å². The van der Waals surface area contributed by atoms with Crippen LogP contribution >= 0.6 is 22.6 Å². The van der Waals surface area contributed by atoms with Gasteiger partial charge in [0.05, 0.1) is 0 Å². The Hall–Kier alpha value is 0.140. The lowest BCUT2D eigenvalue weighted by Crippen LogP contribution is -1.76. The summed E-state index contributed by atoms with van der Waals surface area (Å²) in [5.41, 5.74) is 0.862. The third-order valence-electron chi connectivity index (χ3n) is 0.700. The highest BCUT2D eigenvalue weighted by atomic mass is 127. The summed E-state index contributed by atoms with van der Waals surface area (Å²) in [6.45, 7) is 1.96. The first-order valence-corrected chi connectivity index (χ1v) is 3.34. The van der Waals surface area contributed by atoms with Gasteiger partial charge in [-0.15, -0.1) is 0 Å². The molecule has 0 fully saturated rings. The van der Waals surface area contributed by atoms with Gasteiger partial charge in [0.15, 0.2) is 0 Å². The van der Waals surface area contributed by atoms with E-state index in [-0.39, 0.29) is 0 Å². The third-order valence-corrected chi connectivity index (χ3v) is 1.50. The second-order valence-corrected chi connectivity index (χ2v) is 1.78. The van der Waals surface area contributed by atoms with Crippen molar-refractivity contribution in [1.82, 2.24) is 0 Å². The van der Waals surface area contributed by atoms with Crippen LogP contribution in [0.15, 0.2) is 9.66 Å². The Kier molecular flexibility index (Phi) is 4.39. The molecule has 0 bridgehead atoms. The Labute approximate surface area is 56.9 Å². The molecule has 0 aliphatic carbocycles. The van der Waals surface area contributed by atoms with Crippen LogP contribution in [0.4, 0.5) is 0 Å². The van der Waals surface area contributed by atoms with E-state index in [1.165, 1.54) is 0 Å². The molecule has 0 aromatic rings. The van der Waals surface area contributed by atoms with E-state index in [1.54, 1.807) is 4.08 Å². The monoisotopic (exact) mass is 210 g/mol. The molecule has 0 saturated carbocycles. The van der Waals surface area contributed by atoms with Crippen LogP contribution < -0.4 is 0 Å². The lowest BCUT2D eigenvalue weighted by Gasteiger charge is -1.82. The van der Waals surface area contributed by atoms with Gasteiger partial charge < -0.3 is 0 Å². The summed E-state index contributed by atoms with van der Waals surface area (Å²) in [6.07, 6.45) is 1.72. The van der Waals surface area contributed by atoms with Gasteiger partial charge in [-0.25, -0.2) is 0 Å². The van der Waals surface area contributed by atoms with Crippen LogP contribution in [0, 0.1) is 0 Å². The molecule has 40 valence electrons. The fourth-order valence-electron chi connectivity index (χ4n) is 0.186. The fourth-order valence-corrected chi connectivity index (χ4v) is 0.773. The first-order valence-electron chi connectivity index (χ1n) is 2.09. The molecule has 1 nitrogen and oxygen atoms in total. The summed E-state index contributed by atoms with van der Waals surface area (Å²) in [5, 5.41) is 0. The number of aldehydes is 1. The van der Waals surface area contributed by atoms with Crippen molar-refractivity contribution in [3.05, 3.63) is 9.66 Å². The van der Waals surface area contributed by atoms with Crippen LogP contribution in [0.5, 0.6) is 0 Å². The molecule has 0 aromatic heterocycles. The quantitative estimate of drug-likeness (QED) is 0.386. The molecule has 0 amide bonds. The van der Waals surface area contributed by atoms with E-state index < -0.39 is 0 Å². The molecule has 0 aromatic carbocycles. The number of carbonyl (C=O) groups is 1. The molecule has 0 aliphatic heterocycles. The average molecular weight is 210 g/mol. The van der Waals surface area contributed by atoms with Crippen LogP contribution in [0.2, 0.25) is 0 Å². The zero-order valence-corrected chi connectivity index (χ0v) is 6.31. The van der Waals surface area contributed by atoms with Crippen LogP contribution in [-0.4, -0.2) is 6.29 Å². The lowest BCUT2D eigenvalue weighted by molar-refractivity contribution is -0.105. The van der Waals surface area contributed by atoms with Crippen LogP contribution in [-0.2, 0) is 4.79 Å². The van der Waals surface area contributed by atoms with Gasteiger partial charge in [0.1, 0.15) is 6.29 Å². The Morgan fingerprint density at radius 1 is 1.86 bits per heavy atom. The second kappa shape index (κ2) is 4.30. The minimum atomic E-state index is 0.840. The van der Waals surface area contributed by atoms with Crippen molar-refractivity contribution >= 4 is 28.9 Å². The van der Waals surface area contributed by atoms with Gasteiger partial charge in [-0.2, -0.15) is 0 Å². The minimum absolute atomic E-state index is 0.840. The normalized spacial score (nSPS) is 11.4. The van der Waals surface area contributed by atoms with E-state index in [0.29, 0.717) is 0 Å². The summed E-state index contributed by atoms with van der Waals surface area (Å²) in [6, 6.07) is 0. The number of rotatable bonds is 2. The molecular formula is C5H7IO. The SMILES string of the molecule is CC/C(C=O)=C\I. The topological polar surface area (TPSA) is 17.1 Å². The highest BCUT2D eigenvalue weighted by molar-refractivity contribution is 14.1. The molecule has 0 radical (unpaired) electrons. The highest BCUT2D eigenvalue weighted by Gasteiger charge is 1.83. The van der Waals surface area contributed by atoms with E-state index in [2.05, 4.69) is 22.6 Å². The van der Waals surface area contributed by atoms with Gasteiger partial charge in [0.25, 0.3) is 0 Å². The van der Waals surface area contributed by atoms with Crippen LogP contribution in [0.25, 0.3) is 0 Å². The zero-order chi connectivity index (χ0) is 5.70. The molecular weight excluding hydrogens is 203 g/mol. The summed E-state index contributed by atoms with van der Waals surface area (Å²) in [4.78, 5) is 9.89. The van der Waals surface area contributed by atoms with Crippen molar-refractivity contribution < 1.29 is 4.79 Å². The van der Waals surface area contributed by atoms with Gasteiger partial charge in [-0.05, 0) is 16.1 Å². The molecule has 0 heterocycles. The van der Waals surface area contributed by atoms with Crippen molar-refractivity contribution in [3.8, 4) is 0 Å². The molecule has 2 heteroatoms. The van der Waals surface area contributed by atoms with E-state index in [4.69, 9.17) is 0 Å². The highest BCUT2D eigenvalue weighted by Crippen LogP contribution is 1.98. The Bertz CT molecular complexity index is 86.1. The average Bonchev–Trinajstić information content (AvgIpc) is 1.72. The number of hydrogen-bond acceptors (Lipinski definition) is 1. The van der Waals surface area contributed by atoms with Gasteiger partial charge in [0.2, 0.25) is 0 Å². The maximum absolute atomic E-state index is 9.89. The molecule has 0 unspecified atom stereocenters. The fraction of sp³-hybridized carbons (Fsp3) is 0.400. The molecule has 7 heavy (non-hydrogen) atoms. The van der Waals surface area contributed by atoms with Crippen molar-refractivity contribution in [2.24, 2.45) is 0 Å². The minimum Gasteiger partial charge on any atom is -0.298 e. The van der Waals surface area contributed by atoms with Crippen molar-refractivity contribution in [1.29, 1.82) is 0 Å². The van der Waals surface area contributed by atoms with Crippen molar-refractivity contribution in [3.63, 3.8) is 0 Å². The Balaban J connectivity index is 3.60. The van der Waals surface area contributed by atoms with E-state index >= 15 is 0 Å². The summed E-state index contributed by atoms with van der Waals surface area (Å²) in [5.74, 6) is 0. The molecule has 0 rings (SSSR count). The van der Waals surface area contributed by atoms with E-state index in [9.17, 15) is 4.79 Å². The van der Waals surface area contributed by atoms with Gasteiger partial charge in [-0.1, -0.05) is 29.5 Å². The molecule has 0 saturated heterocycles. The smallest absolute Gasteiger partial charge is 0.146 e. The first-order chi connectivity index (χ1) is 3.35. The van der Waals surface area contributed by atoms with E-state index in [1.807, 2.05) is 6.92 Å². The summed E-state index contributed by atoms with van der Waals surface area (Å²) < 4.78 is 1.80. The summed E-state index contributed by atoms with van der Waals surface area (Å²) in [7, 11) is 0. The Morgan fingerprint density at radius 3 is 2.43 bits per heavy atom. The standard InChI is InChI=1S/C5H7IO/c1-2-5(3-6)4-7/h3-4H,2H2,1H3/b5-3+. The molecule has 0 spiro atoms. The predicted octanol–water partition coefficient (Wildman–Crippen LogP) is 1.91. The zero-order valence-electron chi connectivity index (χ0n) is 4.15. The predicted molar refractivity (Wildman–Crippen MR) is 38.5 cm³/mol. The van der Waals surface area contributed by atoms with Gasteiger partial charge in [0, 0.05) is 0 Å². The van der Waals surface area contributed by atoms with Crippen molar-refractivity contribution in [2.45, 2.75) is 13.3 Å². The maximum atomic E-state index is 9.89. The first kappa shape index (κ1) is 7.14. The van der Waals surface area contributed by atoms with Crippen molar-refractivity contribution in [2.75, 3.05) is 0 Å². The molecule has 0 N–H and O–H groups in total. The maximum Gasteiger partial charge on any atom is 0.146 e. The van der Waals surface area contributed by atoms with Gasteiger partial charge in [-0.3, -0.25) is 4.79 Å². The van der Waals surface area contributed by atoms with Crippen LogP contribution in [0.3, 0.4) is 0 Å². The number of halogens is 1. The molecule has 0 atom stereocenters. The Morgan fingerprint density at radius 2 is 2.43 bits per heavy atom. The number of carbonyl (C=O) groups excluding carboxylic acids is 1. The van der Waals surface area contributed by atoms with Crippen LogP contribution in [0.1, 0.15) is 13.3 Å². The number of allylic oxidation sites excluding steroid dienone is 1. The summed E-state index contributed by atoms with van der Waals surface area (Å²) >= 11 is 2.06. The third kappa shape index (κ3) is 2.79. The second-order valence-electron chi connectivity index (χ2n) is 1.16.